The first-order chi connectivity index (χ1) is 8.51. The van der Waals surface area contributed by atoms with Gasteiger partial charge in [0.1, 0.15) is 9.84 Å². The number of rotatable bonds is 8. The Hall–Kier alpha value is -0.940. The van der Waals surface area contributed by atoms with Crippen LogP contribution in [0.4, 0.5) is 0 Å². The Bertz CT molecular complexity index is 432. The van der Waals surface area contributed by atoms with Crippen LogP contribution < -0.4 is 5.32 Å². The Labute approximate surface area is 110 Å². The lowest BCUT2D eigenvalue weighted by molar-refractivity contribution is 0.477. The molecule has 1 rings (SSSR count). The van der Waals surface area contributed by atoms with Crippen molar-refractivity contribution in [3.05, 3.63) is 30.1 Å². The third-order valence-electron chi connectivity index (χ3n) is 2.80. The smallest absolute Gasteiger partial charge is 0.147 e. The molecule has 0 spiro atoms. The van der Waals surface area contributed by atoms with Gasteiger partial charge < -0.3 is 5.32 Å². The molecule has 0 aliphatic heterocycles. The lowest BCUT2D eigenvalue weighted by Gasteiger charge is -2.17. The molecule has 1 heterocycles. The lowest BCUT2D eigenvalue weighted by atomic mass is 10.1. The minimum atomic E-state index is -2.88. The van der Waals surface area contributed by atoms with Crippen LogP contribution >= 0.6 is 0 Å². The van der Waals surface area contributed by atoms with Crippen LogP contribution in [0.25, 0.3) is 0 Å². The van der Waals surface area contributed by atoms with Gasteiger partial charge in [-0.05, 0) is 37.9 Å². The number of nitrogens with zero attached hydrogens (tertiary/aromatic N) is 1. The summed E-state index contributed by atoms with van der Waals surface area (Å²) in [5.74, 6) is 0.243. The third-order valence-corrected chi connectivity index (χ3v) is 3.78. The second-order valence-electron chi connectivity index (χ2n) is 4.53. The SMILES string of the molecule is CCNC(CCc1ccccn1)CCS(C)(=O)=O. The van der Waals surface area contributed by atoms with Gasteiger partial charge in [-0.15, -0.1) is 0 Å². The summed E-state index contributed by atoms with van der Waals surface area (Å²) >= 11 is 0. The molecule has 1 unspecified atom stereocenters. The van der Waals surface area contributed by atoms with Crippen molar-refractivity contribution >= 4 is 9.84 Å². The number of pyridine rings is 1. The van der Waals surface area contributed by atoms with Crippen LogP contribution in [0.5, 0.6) is 0 Å². The zero-order valence-corrected chi connectivity index (χ0v) is 11.9. The molecule has 0 saturated heterocycles. The van der Waals surface area contributed by atoms with Crippen LogP contribution in [0.3, 0.4) is 0 Å². The van der Waals surface area contributed by atoms with Crippen LogP contribution in [-0.4, -0.2) is 38.0 Å². The molecule has 0 aliphatic rings. The van der Waals surface area contributed by atoms with E-state index in [1.807, 2.05) is 25.1 Å². The molecule has 0 amide bonds. The van der Waals surface area contributed by atoms with E-state index >= 15 is 0 Å². The third kappa shape index (κ3) is 6.71. The van der Waals surface area contributed by atoms with Gasteiger partial charge in [-0.3, -0.25) is 4.98 Å². The number of aryl methyl sites for hydroxylation is 1. The van der Waals surface area contributed by atoms with Crippen LogP contribution in [0.1, 0.15) is 25.5 Å². The molecule has 1 aromatic rings. The molecule has 4 nitrogen and oxygen atoms in total. The Morgan fingerprint density at radius 3 is 2.67 bits per heavy atom. The van der Waals surface area contributed by atoms with Gasteiger partial charge in [-0.2, -0.15) is 0 Å². The Morgan fingerprint density at radius 2 is 2.11 bits per heavy atom. The summed E-state index contributed by atoms with van der Waals surface area (Å²) in [7, 11) is -2.88. The number of aromatic nitrogens is 1. The topological polar surface area (TPSA) is 59.1 Å². The zero-order valence-electron chi connectivity index (χ0n) is 11.1. The highest BCUT2D eigenvalue weighted by atomic mass is 32.2. The number of nitrogens with one attached hydrogen (secondary N) is 1. The van der Waals surface area contributed by atoms with E-state index in [9.17, 15) is 8.42 Å². The van der Waals surface area contributed by atoms with E-state index in [0.717, 1.165) is 25.1 Å². The van der Waals surface area contributed by atoms with E-state index in [4.69, 9.17) is 0 Å². The zero-order chi connectivity index (χ0) is 13.4. The van der Waals surface area contributed by atoms with Gasteiger partial charge in [0.2, 0.25) is 0 Å². The van der Waals surface area contributed by atoms with Gasteiger partial charge in [-0.1, -0.05) is 13.0 Å². The van der Waals surface area contributed by atoms with Crippen molar-refractivity contribution in [3.8, 4) is 0 Å². The molecule has 18 heavy (non-hydrogen) atoms. The number of sulfone groups is 1. The molecule has 1 atom stereocenters. The van der Waals surface area contributed by atoms with Crippen LogP contribution in [-0.2, 0) is 16.3 Å². The van der Waals surface area contributed by atoms with Crippen molar-refractivity contribution in [2.24, 2.45) is 0 Å². The predicted molar refractivity (Wildman–Crippen MR) is 74.4 cm³/mol. The lowest BCUT2D eigenvalue weighted by Crippen LogP contribution is -2.31. The average Bonchev–Trinajstić information content (AvgIpc) is 2.33. The molecule has 0 bridgehead atoms. The van der Waals surface area contributed by atoms with Gasteiger partial charge >= 0.3 is 0 Å². The molecule has 0 aromatic carbocycles. The van der Waals surface area contributed by atoms with E-state index in [1.54, 1.807) is 6.20 Å². The van der Waals surface area contributed by atoms with Crippen LogP contribution in [0.2, 0.25) is 0 Å². The molecule has 102 valence electrons. The predicted octanol–water partition coefficient (Wildman–Crippen LogP) is 1.43. The Kier molecular flexibility index (Phi) is 6.29. The summed E-state index contributed by atoms with van der Waals surface area (Å²) in [6, 6.07) is 6.11. The summed E-state index contributed by atoms with van der Waals surface area (Å²) in [4.78, 5) is 4.27. The van der Waals surface area contributed by atoms with E-state index in [-0.39, 0.29) is 11.8 Å². The molecule has 0 saturated carbocycles. The standard InChI is InChI=1S/C13H22N2O2S/c1-3-14-13(9-11-18(2,16)17)8-7-12-6-4-5-10-15-12/h4-6,10,13-14H,3,7-9,11H2,1-2H3. The fourth-order valence-electron chi connectivity index (χ4n) is 1.86. The monoisotopic (exact) mass is 270 g/mol. The van der Waals surface area contributed by atoms with E-state index in [2.05, 4.69) is 10.3 Å². The largest absolute Gasteiger partial charge is 0.314 e. The fourth-order valence-corrected chi connectivity index (χ4v) is 2.57. The van der Waals surface area contributed by atoms with Crippen molar-refractivity contribution in [1.29, 1.82) is 0 Å². The highest BCUT2D eigenvalue weighted by Gasteiger charge is 2.11. The maximum Gasteiger partial charge on any atom is 0.147 e. The van der Waals surface area contributed by atoms with E-state index in [0.29, 0.717) is 6.42 Å². The van der Waals surface area contributed by atoms with Crippen LogP contribution in [0, 0.1) is 0 Å². The molecule has 1 aromatic heterocycles. The van der Waals surface area contributed by atoms with E-state index < -0.39 is 9.84 Å². The van der Waals surface area contributed by atoms with Gasteiger partial charge in [0.15, 0.2) is 0 Å². The Balaban J connectivity index is 2.43. The Morgan fingerprint density at radius 1 is 1.33 bits per heavy atom. The molecular weight excluding hydrogens is 248 g/mol. The first-order valence-corrected chi connectivity index (χ1v) is 8.38. The fraction of sp³-hybridized carbons (Fsp3) is 0.615. The van der Waals surface area contributed by atoms with Crippen molar-refractivity contribution in [2.45, 2.75) is 32.2 Å². The molecule has 0 radical (unpaired) electrons. The number of hydrogen-bond donors (Lipinski definition) is 1. The van der Waals surface area contributed by atoms with Gasteiger partial charge in [-0.25, -0.2) is 8.42 Å². The second kappa shape index (κ2) is 7.48. The minimum Gasteiger partial charge on any atom is -0.314 e. The minimum absolute atomic E-state index is 0.242. The molecular formula is C13H22N2O2S. The van der Waals surface area contributed by atoms with Crippen molar-refractivity contribution in [3.63, 3.8) is 0 Å². The maximum atomic E-state index is 11.2. The quantitative estimate of drug-likeness (QED) is 0.776. The first-order valence-electron chi connectivity index (χ1n) is 6.32. The van der Waals surface area contributed by atoms with Crippen molar-refractivity contribution in [1.82, 2.24) is 10.3 Å². The van der Waals surface area contributed by atoms with Crippen molar-refractivity contribution < 1.29 is 8.42 Å². The second-order valence-corrected chi connectivity index (χ2v) is 6.79. The number of hydrogen-bond acceptors (Lipinski definition) is 4. The van der Waals surface area contributed by atoms with Gasteiger partial charge in [0.05, 0.1) is 5.75 Å². The summed E-state index contributed by atoms with van der Waals surface area (Å²) in [6.07, 6.45) is 5.53. The molecule has 5 heteroatoms. The highest BCUT2D eigenvalue weighted by molar-refractivity contribution is 7.90. The summed E-state index contributed by atoms with van der Waals surface area (Å²) in [5.41, 5.74) is 1.06. The summed E-state index contributed by atoms with van der Waals surface area (Å²) < 4.78 is 22.3. The average molecular weight is 270 g/mol. The molecule has 0 fully saturated rings. The highest BCUT2D eigenvalue weighted by Crippen LogP contribution is 2.06. The molecule has 0 aliphatic carbocycles. The normalized spacial score (nSPS) is 13.4. The van der Waals surface area contributed by atoms with Gasteiger partial charge in [0.25, 0.3) is 0 Å². The maximum absolute atomic E-state index is 11.2. The van der Waals surface area contributed by atoms with E-state index in [1.165, 1.54) is 6.26 Å². The van der Waals surface area contributed by atoms with Gasteiger partial charge in [0, 0.05) is 24.2 Å². The summed E-state index contributed by atoms with van der Waals surface area (Å²) in [6.45, 7) is 2.89. The van der Waals surface area contributed by atoms with Crippen molar-refractivity contribution in [2.75, 3.05) is 18.6 Å². The molecule has 1 N–H and O–H groups in total. The summed E-state index contributed by atoms with van der Waals surface area (Å²) in [5, 5.41) is 3.33. The van der Waals surface area contributed by atoms with Crippen LogP contribution in [0.15, 0.2) is 24.4 Å². The first kappa shape index (κ1) is 15.1.